The summed E-state index contributed by atoms with van der Waals surface area (Å²) in [4.78, 5) is 20.6. The number of rotatable bonds is 8. The van der Waals surface area contributed by atoms with Gasteiger partial charge < -0.3 is 26.2 Å². The minimum Gasteiger partial charge on any atom is -0.394 e. The van der Waals surface area contributed by atoms with Crippen molar-refractivity contribution in [3.8, 4) is 0 Å². The van der Waals surface area contributed by atoms with Crippen LogP contribution in [0.1, 0.15) is 10.4 Å². The van der Waals surface area contributed by atoms with E-state index in [1.54, 1.807) is 42.6 Å². The van der Waals surface area contributed by atoms with E-state index < -0.39 is 12.7 Å². The number of benzene rings is 2. The number of hydrogen-bond acceptors (Lipinski definition) is 7. The summed E-state index contributed by atoms with van der Waals surface area (Å²) in [5.41, 5.74) is 1.74. The molecular formula is C20H19BrFN5O3. The summed E-state index contributed by atoms with van der Waals surface area (Å²) >= 11 is 3.38. The molecule has 1 heterocycles. The molecule has 0 aliphatic rings. The van der Waals surface area contributed by atoms with Crippen LogP contribution in [0.2, 0.25) is 0 Å². The molecule has 0 aliphatic heterocycles. The van der Waals surface area contributed by atoms with Crippen LogP contribution in [-0.4, -0.2) is 45.3 Å². The largest absolute Gasteiger partial charge is 0.394 e. The van der Waals surface area contributed by atoms with Gasteiger partial charge in [-0.1, -0.05) is 0 Å². The minimum atomic E-state index is -0.998. The predicted octanol–water partition coefficient (Wildman–Crippen LogP) is 2.95. The van der Waals surface area contributed by atoms with Crippen LogP contribution in [0, 0.1) is 5.82 Å². The molecule has 0 bridgehead atoms. The van der Waals surface area contributed by atoms with Gasteiger partial charge in [-0.15, -0.1) is 0 Å². The second-order valence-electron chi connectivity index (χ2n) is 6.27. The molecule has 156 valence electrons. The van der Waals surface area contributed by atoms with Crippen LogP contribution in [0.4, 0.5) is 27.5 Å². The van der Waals surface area contributed by atoms with Crippen LogP contribution in [0.3, 0.4) is 0 Å². The van der Waals surface area contributed by atoms with E-state index in [0.29, 0.717) is 33.2 Å². The van der Waals surface area contributed by atoms with E-state index in [1.165, 1.54) is 12.1 Å². The Morgan fingerprint density at radius 1 is 1.07 bits per heavy atom. The van der Waals surface area contributed by atoms with Gasteiger partial charge in [-0.05, 0) is 64.5 Å². The average molecular weight is 476 g/mol. The molecule has 1 atom stereocenters. The summed E-state index contributed by atoms with van der Waals surface area (Å²) in [6.45, 7) is -0.458. The van der Waals surface area contributed by atoms with Crippen molar-refractivity contribution in [1.29, 1.82) is 0 Å². The molecule has 0 radical (unpaired) electrons. The maximum Gasteiger partial charge on any atom is 0.251 e. The van der Waals surface area contributed by atoms with Gasteiger partial charge in [-0.2, -0.15) is 4.98 Å². The predicted molar refractivity (Wildman–Crippen MR) is 115 cm³/mol. The maximum absolute atomic E-state index is 13.1. The minimum absolute atomic E-state index is 0.0358. The van der Waals surface area contributed by atoms with E-state index in [9.17, 15) is 14.3 Å². The number of halogens is 2. The molecule has 5 N–H and O–H groups in total. The van der Waals surface area contributed by atoms with Gasteiger partial charge in [0.25, 0.3) is 5.91 Å². The molecule has 10 heteroatoms. The van der Waals surface area contributed by atoms with Crippen molar-refractivity contribution in [2.24, 2.45) is 0 Å². The molecule has 1 amide bonds. The molecule has 30 heavy (non-hydrogen) atoms. The average Bonchev–Trinajstić information content (AvgIpc) is 2.76. The van der Waals surface area contributed by atoms with E-state index in [-0.39, 0.29) is 18.3 Å². The summed E-state index contributed by atoms with van der Waals surface area (Å²) in [6, 6.07) is 12.5. The number of nitrogens with one attached hydrogen (secondary N) is 3. The fraction of sp³-hybridized carbons (Fsp3) is 0.150. The third-order valence-electron chi connectivity index (χ3n) is 3.96. The van der Waals surface area contributed by atoms with Gasteiger partial charge in [-0.25, -0.2) is 9.37 Å². The Hall–Kier alpha value is -3.08. The zero-order chi connectivity index (χ0) is 21.5. The molecular weight excluding hydrogens is 457 g/mol. The third-order valence-corrected chi connectivity index (χ3v) is 4.54. The Morgan fingerprint density at radius 3 is 2.37 bits per heavy atom. The maximum atomic E-state index is 13.1. The fourth-order valence-corrected chi connectivity index (χ4v) is 2.69. The molecule has 3 rings (SSSR count). The number of aliphatic hydroxyl groups is 2. The van der Waals surface area contributed by atoms with Gasteiger partial charge in [0.15, 0.2) is 0 Å². The van der Waals surface area contributed by atoms with Crippen molar-refractivity contribution in [2.45, 2.75) is 6.10 Å². The van der Waals surface area contributed by atoms with Crippen LogP contribution in [0.15, 0.2) is 59.2 Å². The van der Waals surface area contributed by atoms with E-state index in [0.717, 1.165) is 0 Å². The Bertz CT molecular complexity index is 1000. The number of carbonyl (C=O) groups excluding carboxylic acids is 1. The van der Waals surface area contributed by atoms with Gasteiger partial charge in [0.2, 0.25) is 5.95 Å². The van der Waals surface area contributed by atoms with Crippen molar-refractivity contribution >= 4 is 45.0 Å². The zero-order valence-electron chi connectivity index (χ0n) is 15.6. The van der Waals surface area contributed by atoms with E-state index >= 15 is 0 Å². The Morgan fingerprint density at radius 2 is 1.70 bits per heavy atom. The number of amides is 1. The Balaban J connectivity index is 1.66. The highest BCUT2D eigenvalue weighted by Crippen LogP contribution is 2.25. The highest BCUT2D eigenvalue weighted by molar-refractivity contribution is 9.10. The van der Waals surface area contributed by atoms with Crippen molar-refractivity contribution in [1.82, 2.24) is 15.3 Å². The summed E-state index contributed by atoms with van der Waals surface area (Å²) in [5.74, 6) is 0.134. The molecule has 8 nitrogen and oxygen atoms in total. The fourth-order valence-electron chi connectivity index (χ4n) is 2.40. The quantitative estimate of drug-likeness (QED) is 0.339. The Kier molecular flexibility index (Phi) is 7.28. The number of hydrogen-bond donors (Lipinski definition) is 5. The van der Waals surface area contributed by atoms with Crippen LogP contribution in [0.25, 0.3) is 0 Å². The highest BCUT2D eigenvalue weighted by atomic mass is 79.9. The first kappa shape index (κ1) is 21.6. The van der Waals surface area contributed by atoms with Crippen molar-refractivity contribution < 1.29 is 19.4 Å². The number of nitrogens with zero attached hydrogens (tertiary/aromatic N) is 2. The molecule has 1 unspecified atom stereocenters. The molecule has 1 aromatic heterocycles. The second-order valence-corrected chi connectivity index (χ2v) is 7.13. The molecule has 3 aromatic rings. The van der Waals surface area contributed by atoms with Crippen molar-refractivity contribution in [2.75, 3.05) is 23.8 Å². The summed E-state index contributed by atoms with van der Waals surface area (Å²) in [6.07, 6.45) is 0.581. The summed E-state index contributed by atoms with van der Waals surface area (Å²) in [7, 11) is 0. The number of aliphatic hydroxyl groups excluding tert-OH is 2. The SMILES string of the molecule is O=C(NCC(O)CO)c1ccc(Nc2ncc(Br)c(Nc3ccc(F)cc3)n2)cc1. The summed E-state index contributed by atoms with van der Waals surface area (Å²) < 4.78 is 13.7. The van der Waals surface area contributed by atoms with Gasteiger partial charge in [-0.3, -0.25) is 4.79 Å². The van der Waals surface area contributed by atoms with Gasteiger partial charge in [0.1, 0.15) is 11.6 Å². The van der Waals surface area contributed by atoms with E-state index in [4.69, 9.17) is 5.11 Å². The lowest BCUT2D eigenvalue weighted by atomic mass is 10.2. The lowest BCUT2D eigenvalue weighted by molar-refractivity contribution is 0.0802. The van der Waals surface area contributed by atoms with Crippen LogP contribution >= 0.6 is 15.9 Å². The Labute approximate surface area is 180 Å². The second kappa shape index (κ2) is 10.1. The van der Waals surface area contributed by atoms with Crippen LogP contribution in [0.5, 0.6) is 0 Å². The third kappa shape index (κ3) is 5.96. The van der Waals surface area contributed by atoms with Gasteiger partial charge in [0, 0.05) is 29.7 Å². The smallest absolute Gasteiger partial charge is 0.251 e. The number of carbonyl (C=O) groups is 1. The number of aromatic nitrogens is 2. The van der Waals surface area contributed by atoms with E-state index in [1.807, 2.05) is 0 Å². The van der Waals surface area contributed by atoms with Crippen LogP contribution < -0.4 is 16.0 Å². The molecule has 0 fully saturated rings. The first-order chi connectivity index (χ1) is 14.4. The first-order valence-corrected chi connectivity index (χ1v) is 9.73. The monoisotopic (exact) mass is 475 g/mol. The lowest BCUT2D eigenvalue weighted by Gasteiger charge is -2.11. The van der Waals surface area contributed by atoms with Gasteiger partial charge in [0.05, 0.1) is 17.2 Å². The molecule has 0 aliphatic carbocycles. The standard InChI is InChI=1S/C20H19BrFN5O3/c21-17-10-24-20(27-18(17)25-14-7-3-13(22)4-8-14)26-15-5-1-12(2-6-15)19(30)23-9-16(29)11-28/h1-8,10,16,28-29H,9,11H2,(H,23,30)(H2,24,25,26,27). The normalized spacial score (nSPS) is 11.6. The van der Waals surface area contributed by atoms with E-state index in [2.05, 4.69) is 41.8 Å². The highest BCUT2D eigenvalue weighted by Gasteiger charge is 2.10. The number of anilines is 4. The van der Waals surface area contributed by atoms with Crippen LogP contribution in [-0.2, 0) is 0 Å². The lowest BCUT2D eigenvalue weighted by Crippen LogP contribution is -2.33. The molecule has 0 saturated heterocycles. The molecule has 0 spiro atoms. The van der Waals surface area contributed by atoms with Gasteiger partial charge >= 0.3 is 0 Å². The first-order valence-electron chi connectivity index (χ1n) is 8.94. The molecule has 0 saturated carbocycles. The zero-order valence-corrected chi connectivity index (χ0v) is 17.2. The summed E-state index contributed by atoms with van der Waals surface area (Å²) in [5, 5.41) is 26.7. The van der Waals surface area contributed by atoms with Crippen molar-refractivity contribution in [3.05, 3.63) is 70.6 Å². The van der Waals surface area contributed by atoms with Crippen molar-refractivity contribution in [3.63, 3.8) is 0 Å². The molecule has 2 aromatic carbocycles. The topological polar surface area (TPSA) is 119 Å².